The van der Waals surface area contributed by atoms with E-state index in [1.165, 1.54) is 0 Å². The number of hydrogen-bond acceptors (Lipinski definition) is 1. The first kappa shape index (κ1) is 11.7. The normalized spacial score (nSPS) is 13.0. The van der Waals surface area contributed by atoms with Gasteiger partial charge in [0.15, 0.2) is 0 Å². The van der Waals surface area contributed by atoms with Crippen LogP contribution in [-0.2, 0) is 4.74 Å². The summed E-state index contributed by atoms with van der Waals surface area (Å²) in [5.41, 5.74) is 0. The predicted molar refractivity (Wildman–Crippen MR) is 42.7 cm³/mol. The molecule has 0 fully saturated rings. The van der Waals surface area contributed by atoms with Gasteiger partial charge in [-0.25, -0.2) is 0 Å². The Labute approximate surface area is 59.4 Å². The van der Waals surface area contributed by atoms with Gasteiger partial charge in [-0.3, -0.25) is 0 Å². The fourth-order valence-electron chi connectivity index (χ4n) is 0.561. The summed E-state index contributed by atoms with van der Waals surface area (Å²) >= 11 is 0. The highest BCUT2D eigenvalue weighted by molar-refractivity contribution is 4.46. The van der Waals surface area contributed by atoms with Crippen molar-refractivity contribution in [1.29, 1.82) is 0 Å². The molecule has 0 bridgehead atoms. The minimum absolute atomic E-state index is 0. The third-order valence-electron chi connectivity index (χ3n) is 1.08. The molecule has 0 aliphatic carbocycles. The molecule has 1 nitrogen and oxygen atoms in total. The van der Waals surface area contributed by atoms with Crippen molar-refractivity contribution in [2.45, 2.75) is 53.8 Å². The van der Waals surface area contributed by atoms with Crippen LogP contribution in [0.4, 0.5) is 0 Å². The van der Waals surface area contributed by atoms with E-state index in [1.807, 2.05) is 0 Å². The van der Waals surface area contributed by atoms with Crippen LogP contribution >= 0.6 is 0 Å². The molecule has 0 radical (unpaired) electrons. The molecule has 0 N–H and O–H groups in total. The first-order valence-corrected chi connectivity index (χ1v) is 3.32. The second-order valence-electron chi connectivity index (χ2n) is 2.40. The molecule has 0 aliphatic rings. The molecular weight excluding hydrogens is 112 g/mol. The molecule has 0 rings (SSSR count). The van der Waals surface area contributed by atoms with Crippen LogP contribution in [0.2, 0.25) is 0 Å². The zero-order chi connectivity index (χ0) is 6.57. The lowest BCUT2D eigenvalue weighted by Gasteiger charge is -2.12. The third-order valence-corrected chi connectivity index (χ3v) is 1.08. The summed E-state index contributed by atoms with van der Waals surface area (Å²) in [4.78, 5) is 0. The summed E-state index contributed by atoms with van der Waals surface area (Å²) in [5, 5.41) is 0. The number of hydrogen-bond donors (Lipinski definition) is 0. The van der Waals surface area contributed by atoms with E-state index in [1.54, 1.807) is 0 Å². The van der Waals surface area contributed by atoms with Crippen LogP contribution in [0, 0.1) is 0 Å². The summed E-state index contributed by atoms with van der Waals surface area (Å²) in [6.45, 7) is 8.35. The van der Waals surface area contributed by atoms with E-state index in [0.29, 0.717) is 12.2 Å². The lowest BCUT2D eigenvalue weighted by atomic mass is 10.3. The summed E-state index contributed by atoms with van der Waals surface area (Å²) in [5.74, 6) is 0. The van der Waals surface area contributed by atoms with E-state index in [4.69, 9.17) is 4.74 Å². The van der Waals surface area contributed by atoms with Crippen LogP contribution in [0.1, 0.15) is 41.5 Å². The van der Waals surface area contributed by atoms with Gasteiger partial charge in [-0.15, -0.1) is 0 Å². The lowest BCUT2D eigenvalue weighted by molar-refractivity contribution is 0.0172. The maximum atomic E-state index is 5.40. The van der Waals surface area contributed by atoms with Gasteiger partial charge in [0.1, 0.15) is 0 Å². The molecule has 0 aromatic rings. The van der Waals surface area contributed by atoms with Crippen molar-refractivity contribution in [3.8, 4) is 0 Å². The molecule has 0 saturated carbocycles. The largest absolute Gasteiger partial charge is 0.376 e. The monoisotopic (exact) mass is 132 g/mol. The Balaban J connectivity index is 0. The van der Waals surface area contributed by atoms with E-state index >= 15 is 0 Å². The van der Waals surface area contributed by atoms with Crippen molar-refractivity contribution in [2.75, 3.05) is 0 Å². The van der Waals surface area contributed by atoms with Crippen molar-refractivity contribution in [2.24, 2.45) is 0 Å². The first-order chi connectivity index (χ1) is 3.66. The average Bonchev–Trinajstić information content (AvgIpc) is 1.65. The minimum atomic E-state index is 0. The fraction of sp³-hybridized carbons (Fsp3) is 1.00. The molecule has 0 aliphatic heterocycles. The topological polar surface area (TPSA) is 9.23 Å². The summed E-state index contributed by atoms with van der Waals surface area (Å²) in [6, 6.07) is 0. The molecule has 58 valence electrons. The van der Waals surface area contributed by atoms with Crippen LogP contribution in [0.15, 0.2) is 0 Å². The van der Waals surface area contributed by atoms with E-state index < -0.39 is 0 Å². The van der Waals surface area contributed by atoms with Crippen LogP contribution in [0.5, 0.6) is 0 Å². The van der Waals surface area contributed by atoms with Gasteiger partial charge in [0, 0.05) is 0 Å². The van der Waals surface area contributed by atoms with E-state index in [0.717, 1.165) is 6.42 Å². The Hall–Kier alpha value is -0.0400. The molecule has 9 heavy (non-hydrogen) atoms. The SMILES string of the molecule is C.CCC(C)OC(C)C. The van der Waals surface area contributed by atoms with Crippen LogP contribution in [0.3, 0.4) is 0 Å². The Morgan fingerprint density at radius 1 is 1.22 bits per heavy atom. The van der Waals surface area contributed by atoms with Gasteiger partial charge in [0.25, 0.3) is 0 Å². The lowest BCUT2D eigenvalue weighted by Crippen LogP contribution is -2.12. The van der Waals surface area contributed by atoms with E-state index in [-0.39, 0.29) is 7.43 Å². The van der Waals surface area contributed by atoms with Gasteiger partial charge in [-0.1, -0.05) is 14.4 Å². The predicted octanol–water partition coefficient (Wildman–Crippen LogP) is 2.85. The molecule has 0 spiro atoms. The van der Waals surface area contributed by atoms with Crippen molar-refractivity contribution in [1.82, 2.24) is 0 Å². The fourth-order valence-corrected chi connectivity index (χ4v) is 0.561. The second-order valence-corrected chi connectivity index (χ2v) is 2.40. The highest BCUT2D eigenvalue weighted by Gasteiger charge is 1.99. The van der Waals surface area contributed by atoms with Crippen LogP contribution in [-0.4, -0.2) is 12.2 Å². The zero-order valence-corrected chi connectivity index (χ0v) is 6.27. The molecular formula is C8H20O. The first-order valence-electron chi connectivity index (χ1n) is 3.32. The van der Waals surface area contributed by atoms with E-state index in [2.05, 4.69) is 27.7 Å². The Morgan fingerprint density at radius 3 is 1.78 bits per heavy atom. The minimum Gasteiger partial charge on any atom is -0.376 e. The zero-order valence-electron chi connectivity index (χ0n) is 6.27. The Bertz CT molecular complexity index is 50.5. The Kier molecular flexibility index (Phi) is 7.92. The third kappa shape index (κ3) is 7.96. The maximum absolute atomic E-state index is 5.40. The molecule has 0 amide bonds. The molecule has 1 unspecified atom stereocenters. The quantitative estimate of drug-likeness (QED) is 0.573. The molecule has 0 aromatic carbocycles. The molecule has 0 heterocycles. The van der Waals surface area contributed by atoms with Gasteiger partial charge in [0.05, 0.1) is 12.2 Å². The van der Waals surface area contributed by atoms with Crippen molar-refractivity contribution in [3.63, 3.8) is 0 Å². The van der Waals surface area contributed by atoms with Gasteiger partial charge in [-0.05, 0) is 27.2 Å². The van der Waals surface area contributed by atoms with Crippen molar-refractivity contribution >= 4 is 0 Å². The maximum Gasteiger partial charge on any atom is 0.0547 e. The second kappa shape index (κ2) is 6.09. The highest BCUT2D eigenvalue weighted by atomic mass is 16.5. The van der Waals surface area contributed by atoms with Gasteiger partial charge >= 0.3 is 0 Å². The smallest absolute Gasteiger partial charge is 0.0547 e. The summed E-state index contributed by atoms with van der Waals surface area (Å²) in [6.07, 6.45) is 1.91. The number of ether oxygens (including phenoxy) is 1. The van der Waals surface area contributed by atoms with Crippen LogP contribution in [0.25, 0.3) is 0 Å². The molecule has 1 atom stereocenters. The Morgan fingerprint density at radius 2 is 1.67 bits per heavy atom. The van der Waals surface area contributed by atoms with Gasteiger partial charge in [0.2, 0.25) is 0 Å². The summed E-state index contributed by atoms with van der Waals surface area (Å²) in [7, 11) is 0. The highest BCUT2D eigenvalue weighted by Crippen LogP contribution is 1.99. The van der Waals surface area contributed by atoms with Crippen molar-refractivity contribution < 1.29 is 4.74 Å². The van der Waals surface area contributed by atoms with Crippen LogP contribution < -0.4 is 0 Å². The average molecular weight is 132 g/mol. The van der Waals surface area contributed by atoms with Gasteiger partial charge in [-0.2, -0.15) is 0 Å². The summed E-state index contributed by atoms with van der Waals surface area (Å²) < 4.78 is 5.40. The number of rotatable bonds is 3. The molecule has 0 aromatic heterocycles. The molecule has 1 heteroatoms. The van der Waals surface area contributed by atoms with Gasteiger partial charge < -0.3 is 4.74 Å². The van der Waals surface area contributed by atoms with Crippen molar-refractivity contribution in [3.05, 3.63) is 0 Å². The standard InChI is InChI=1S/C7H16O.CH4/c1-5-7(4)8-6(2)3;/h6-7H,5H2,1-4H3;1H4. The van der Waals surface area contributed by atoms with E-state index in [9.17, 15) is 0 Å². The molecule has 0 saturated heterocycles.